The topological polar surface area (TPSA) is 58.6 Å². The molecule has 0 atom stereocenters. The van der Waals surface area contributed by atoms with Gasteiger partial charge in [0.15, 0.2) is 6.61 Å². The second-order valence-corrected chi connectivity index (χ2v) is 7.01. The molecule has 0 bridgehead atoms. The Bertz CT molecular complexity index is 809. The van der Waals surface area contributed by atoms with Crippen molar-refractivity contribution < 1.29 is 14.3 Å². The fourth-order valence-electron chi connectivity index (χ4n) is 3.13. The Balaban J connectivity index is 1.52. The monoisotopic (exact) mass is 366 g/mol. The van der Waals surface area contributed by atoms with Crippen LogP contribution in [0.5, 0.6) is 5.75 Å². The molecule has 1 N–H and O–H groups in total. The third-order valence-corrected chi connectivity index (χ3v) is 4.91. The zero-order chi connectivity index (χ0) is 19.2. The number of hydrogen-bond acceptors (Lipinski definition) is 3. The summed E-state index contributed by atoms with van der Waals surface area (Å²) < 4.78 is 5.54. The van der Waals surface area contributed by atoms with E-state index in [9.17, 15) is 9.59 Å². The van der Waals surface area contributed by atoms with Crippen LogP contribution in [0.15, 0.2) is 42.5 Å². The molecule has 1 fully saturated rings. The Labute approximate surface area is 160 Å². The molecule has 2 aromatic carbocycles. The predicted octanol–water partition coefficient (Wildman–Crippen LogP) is 3.95. The summed E-state index contributed by atoms with van der Waals surface area (Å²) in [7, 11) is 0. The van der Waals surface area contributed by atoms with Gasteiger partial charge in [0, 0.05) is 24.3 Å². The van der Waals surface area contributed by atoms with Crippen LogP contribution in [0.2, 0.25) is 0 Å². The standard InChI is InChI=1S/C22H26N2O3/c1-16-6-11-20(14-17(16)2)27-15-21(25)23-19-9-7-18(8-10-19)22(26)24-12-4-3-5-13-24/h6-11,14H,3-5,12-13,15H2,1-2H3,(H,23,25). The minimum atomic E-state index is -0.233. The van der Waals surface area contributed by atoms with Crippen molar-refractivity contribution in [3.05, 3.63) is 59.2 Å². The van der Waals surface area contributed by atoms with E-state index in [1.807, 2.05) is 36.9 Å². The minimum Gasteiger partial charge on any atom is -0.484 e. The molecule has 0 spiro atoms. The summed E-state index contributed by atoms with van der Waals surface area (Å²) in [6.45, 7) is 5.64. The summed E-state index contributed by atoms with van der Waals surface area (Å²) in [6.07, 6.45) is 3.33. The van der Waals surface area contributed by atoms with Crippen LogP contribution >= 0.6 is 0 Å². The summed E-state index contributed by atoms with van der Waals surface area (Å²) in [5.74, 6) is 0.504. The molecule has 2 amide bonds. The van der Waals surface area contributed by atoms with Gasteiger partial charge in [0.25, 0.3) is 11.8 Å². The molecular weight excluding hydrogens is 340 g/mol. The molecule has 0 unspecified atom stereocenters. The van der Waals surface area contributed by atoms with Gasteiger partial charge in [0.05, 0.1) is 0 Å². The maximum absolute atomic E-state index is 12.5. The van der Waals surface area contributed by atoms with E-state index in [1.165, 1.54) is 12.0 Å². The molecule has 1 aliphatic rings. The molecule has 5 nitrogen and oxygen atoms in total. The number of hydrogen-bond donors (Lipinski definition) is 1. The Morgan fingerprint density at radius 2 is 1.67 bits per heavy atom. The second kappa shape index (κ2) is 8.71. The lowest BCUT2D eigenvalue weighted by Crippen LogP contribution is -2.35. The number of carbonyl (C=O) groups excluding carboxylic acids is 2. The van der Waals surface area contributed by atoms with E-state index in [0.717, 1.165) is 31.5 Å². The van der Waals surface area contributed by atoms with Gasteiger partial charge in [-0.15, -0.1) is 0 Å². The van der Waals surface area contributed by atoms with Crippen molar-refractivity contribution in [2.24, 2.45) is 0 Å². The highest BCUT2D eigenvalue weighted by Crippen LogP contribution is 2.17. The molecule has 3 rings (SSSR count). The van der Waals surface area contributed by atoms with Gasteiger partial charge >= 0.3 is 0 Å². The van der Waals surface area contributed by atoms with Gasteiger partial charge in [-0.05, 0) is 80.6 Å². The summed E-state index contributed by atoms with van der Waals surface area (Å²) in [4.78, 5) is 26.5. The number of rotatable bonds is 5. The van der Waals surface area contributed by atoms with Crippen LogP contribution in [0.25, 0.3) is 0 Å². The molecule has 1 aliphatic heterocycles. The normalized spacial score (nSPS) is 13.9. The SMILES string of the molecule is Cc1ccc(OCC(=O)Nc2ccc(C(=O)N3CCCCC3)cc2)cc1C. The van der Waals surface area contributed by atoms with Crippen molar-refractivity contribution in [2.45, 2.75) is 33.1 Å². The van der Waals surface area contributed by atoms with E-state index in [2.05, 4.69) is 5.32 Å². The zero-order valence-corrected chi connectivity index (χ0v) is 16.0. The Hall–Kier alpha value is -2.82. The summed E-state index contributed by atoms with van der Waals surface area (Å²) in [6, 6.07) is 12.8. The van der Waals surface area contributed by atoms with Crippen molar-refractivity contribution in [3.63, 3.8) is 0 Å². The van der Waals surface area contributed by atoms with E-state index in [-0.39, 0.29) is 18.4 Å². The molecule has 0 saturated carbocycles. The van der Waals surface area contributed by atoms with E-state index in [1.54, 1.807) is 24.3 Å². The fraction of sp³-hybridized carbons (Fsp3) is 0.364. The number of amides is 2. The van der Waals surface area contributed by atoms with Crippen LogP contribution in [0.3, 0.4) is 0 Å². The summed E-state index contributed by atoms with van der Waals surface area (Å²) >= 11 is 0. The van der Waals surface area contributed by atoms with Crippen LogP contribution in [0.4, 0.5) is 5.69 Å². The highest BCUT2D eigenvalue weighted by atomic mass is 16.5. The lowest BCUT2D eigenvalue weighted by molar-refractivity contribution is -0.118. The minimum absolute atomic E-state index is 0.0586. The molecule has 0 aliphatic carbocycles. The third kappa shape index (κ3) is 5.09. The fourth-order valence-corrected chi connectivity index (χ4v) is 3.13. The van der Waals surface area contributed by atoms with Crippen molar-refractivity contribution in [3.8, 4) is 5.75 Å². The van der Waals surface area contributed by atoms with Gasteiger partial charge in [-0.25, -0.2) is 0 Å². The smallest absolute Gasteiger partial charge is 0.262 e. The highest BCUT2D eigenvalue weighted by molar-refractivity contribution is 5.96. The average molecular weight is 366 g/mol. The molecule has 142 valence electrons. The molecule has 1 saturated heterocycles. The molecular formula is C22H26N2O3. The summed E-state index contributed by atoms with van der Waals surface area (Å²) in [5, 5.41) is 2.80. The van der Waals surface area contributed by atoms with E-state index in [0.29, 0.717) is 17.0 Å². The number of piperidine rings is 1. The second-order valence-electron chi connectivity index (χ2n) is 7.01. The zero-order valence-electron chi connectivity index (χ0n) is 16.0. The number of likely N-dealkylation sites (tertiary alicyclic amines) is 1. The Morgan fingerprint density at radius 1 is 0.963 bits per heavy atom. The molecule has 1 heterocycles. The van der Waals surface area contributed by atoms with Crippen molar-refractivity contribution in [1.29, 1.82) is 0 Å². The Kier molecular flexibility index (Phi) is 6.12. The predicted molar refractivity (Wildman–Crippen MR) is 106 cm³/mol. The van der Waals surface area contributed by atoms with Gasteiger partial charge in [-0.1, -0.05) is 6.07 Å². The van der Waals surface area contributed by atoms with E-state index in [4.69, 9.17) is 4.74 Å². The molecule has 0 radical (unpaired) electrons. The van der Waals surface area contributed by atoms with E-state index < -0.39 is 0 Å². The van der Waals surface area contributed by atoms with Gasteiger partial charge in [-0.2, -0.15) is 0 Å². The number of ether oxygens (including phenoxy) is 1. The first-order valence-electron chi connectivity index (χ1n) is 9.42. The van der Waals surface area contributed by atoms with Gasteiger partial charge < -0.3 is 15.0 Å². The van der Waals surface area contributed by atoms with Crippen LogP contribution in [-0.2, 0) is 4.79 Å². The van der Waals surface area contributed by atoms with Gasteiger partial charge in [0.2, 0.25) is 0 Å². The number of aryl methyl sites for hydroxylation is 2. The molecule has 2 aromatic rings. The molecule has 27 heavy (non-hydrogen) atoms. The molecule has 0 aromatic heterocycles. The van der Waals surface area contributed by atoms with Crippen LogP contribution in [-0.4, -0.2) is 36.4 Å². The first-order valence-corrected chi connectivity index (χ1v) is 9.42. The lowest BCUT2D eigenvalue weighted by Gasteiger charge is -2.26. The molecule has 5 heteroatoms. The number of nitrogens with zero attached hydrogens (tertiary/aromatic N) is 1. The first kappa shape index (κ1) is 19.0. The van der Waals surface area contributed by atoms with Crippen LogP contribution in [0, 0.1) is 13.8 Å². The van der Waals surface area contributed by atoms with Crippen LogP contribution < -0.4 is 10.1 Å². The third-order valence-electron chi connectivity index (χ3n) is 4.91. The first-order chi connectivity index (χ1) is 13.0. The van der Waals surface area contributed by atoms with Crippen molar-refractivity contribution in [2.75, 3.05) is 25.0 Å². The number of benzene rings is 2. The number of carbonyl (C=O) groups is 2. The summed E-state index contributed by atoms with van der Waals surface area (Å²) in [5.41, 5.74) is 3.62. The highest BCUT2D eigenvalue weighted by Gasteiger charge is 2.18. The van der Waals surface area contributed by atoms with Crippen molar-refractivity contribution >= 4 is 17.5 Å². The van der Waals surface area contributed by atoms with Gasteiger partial charge in [0.1, 0.15) is 5.75 Å². The van der Waals surface area contributed by atoms with E-state index >= 15 is 0 Å². The largest absolute Gasteiger partial charge is 0.484 e. The lowest BCUT2D eigenvalue weighted by atomic mass is 10.1. The quantitative estimate of drug-likeness (QED) is 0.872. The van der Waals surface area contributed by atoms with Crippen molar-refractivity contribution in [1.82, 2.24) is 4.90 Å². The average Bonchev–Trinajstić information content (AvgIpc) is 2.69. The van der Waals surface area contributed by atoms with Gasteiger partial charge in [-0.3, -0.25) is 9.59 Å². The number of anilines is 1. The maximum atomic E-state index is 12.5. The Morgan fingerprint density at radius 3 is 2.33 bits per heavy atom. The number of nitrogens with one attached hydrogen (secondary N) is 1. The maximum Gasteiger partial charge on any atom is 0.262 e. The van der Waals surface area contributed by atoms with Crippen LogP contribution in [0.1, 0.15) is 40.7 Å².